The van der Waals surface area contributed by atoms with Gasteiger partial charge in [0.05, 0.1) is 5.56 Å². The number of nitrogens with zero attached hydrogens (tertiary/aromatic N) is 1. The lowest BCUT2D eigenvalue weighted by Gasteiger charge is -2.19. The normalized spacial score (nSPS) is 18.9. The smallest absolute Gasteiger partial charge is 0.335 e. The Kier molecular flexibility index (Phi) is 3.88. The molecule has 1 unspecified atom stereocenters. The van der Waals surface area contributed by atoms with Crippen LogP contribution in [0.2, 0.25) is 0 Å². The number of carbonyl (C=O) groups excluding carboxylic acids is 1. The van der Waals surface area contributed by atoms with Gasteiger partial charge in [0, 0.05) is 24.9 Å². The molecule has 1 fully saturated rings. The lowest BCUT2D eigenvalue weighted by Crippen LogP contribution is -2.31. The molecule has 0 saturated carbocycles. The molecule has 0 bridgehead atoms. The number of likely N-dealkylation sites (tertiary alicyclic amines) is 1. The summed E-state index contributed by atoms with van der Waals surface area (Å²) in [4.78, 5) is 24.8. The summed E-state index contributed by atoms with van der Waals surface area (Å²) in [6.07, 6.45) is 0.904. The fraction of sp³-hybridized carbons (Fsp3) is 0.467. The van der Waals surface area contributed by atoms with Gasteiger partial charge in [0.1, 0.15) is 0 Å². The molecular weight excluding hydrogens is 242 g/mol. The highest BCUT2D eigenvalue weighted by atomic mass is 16.4. The summed E-state index contributed by atoms with van der Waals surface area (Å²) in [5.74, 6) is -0.460. The van der Waals surface area contributed by atoms with Gasteiger partial charge in [-0.25, -0.2) is 4.79 Å². The van der Waals surface area contributed by atoms with Crippen molar-refractivity contribution < 1.29 is 14.7 Å². The van der Waals surface area contributed by atoms with Gasteiger partial charge in [0.25, 0.3) is 0 Å². The van der Waals surface area contributed by atoms with E-state index in [1.165, 1.54) is 0 Å². The first kappa shape index (κ1) is 13.6. The SMILES string of the molecule is CC(C)C(=O)N1CCC(c2cccc(C(=O)O)c2)C1. The van der Waals surface area contributed by atoms with Crippen molar-refractivity contribution in [3.63, 3.8) is 0 Å². The highest BCUT2D eigenvalue weighted by Gasteiger charge is 2.28. The van der Waals surface area contributed by atoms with Gasteiger partial charge in [-0.2, -0.15) is 0 Å². The molecule has 0 aliphatic carbocycles. The van der Waals surface area contributed by atoms with Crippen molar-refractivity contribution in [2.45, 2.75) is 26.2 Å². The molecule has 4 nitrogen and oxygen atoms in total. The molecule has 0 radical (unpaired) electrons. The van der Waals surface area contributed by atoms with Crippen LogP contribution in [0.5, 0.6) is 0 Å². The number of carbonyl (C=O) groups is 2. The maximum atomic E-state index is 11.9. The second-order valence-corrected chi connectivity index (χ2v) is 5.36. The van der Waals surface area contributed by atoms with Gasteiger partial charge < -0.3 is 10.0 Å². The largest absolute Gasteiger partial charge is 0.478 e. The van der Waals surface area contributed by atoms with E-state index in [1.54, 1.807) is 18.2 Å². The molecule has 19 heavy (non-hydrogen) atoms. The van der Waals surface area contributed by atoms with Crippen LogP contribution in [0.1, 0.15) is 42.1 Å². The standard InChI is InChI=1S/C15H19NO3/c1-10(2)14(17)16-7-6-13(9-16)11-4-3-5-12(8-11)15(18)19/h3-5,8,10,13H,6-7,9H2,1-2H3,(H,18,19). The van der Waals surface area contributed by atoms with E-state index in [9.17, 15) is 9.59 Å². The highest BCUT2D eigenvalue weighted by molar-refractivity contribution is 5.87. The zero-order valence-electron chi connectivity index (χ0n) is 11.3. The Morgan fingerprint density at radius 1 is 1.37 bits per heavy atom. The highest BCUT2D eigenvalue weighted by Crippen LogP contribution is 2.28. The molecule has 1 N–H and O–H groups in total. The molecule has 102 valence electrons. The molecule has 1 saturated heterocycles. The van der Waals surface area contributed by atoms with Gasteiger partial charge in [-0.1, -0.05) is 26.0 Å². The monoisotopic (exact) mass is 261 g/mol. The van der Waals surface area contributed by atoms with Gasteiger partial charge in [-0.3, -0.25) is 4.79 Å². The van der Waals surface area contributed by atoms with Crippen LogP contribution in [0.25, 0.3) is 0 Å². The van der Waals surface area contributed by atoms with Crippen LogP contribution in [0, 0.1) is 5.92 Å². The molecule has 1 aromatic carbocycles. The molecule has 1 atom stereocenters. The van der Waals surface area contributed by atoms with Crippen LogP contribution >= 0.6 is 0 Å². The third kappa shape index (κ3) is 2.95. The average molecular weight is 261 g/mol. The van der Waals surface area contributed by atoms with Crippen molar-refractivity contribution >= 4 is 11.9 Å². The topological polar surface area (TPSA) is 57.6 Å². The first-order valence-electron chi connectivity index (χ1n) is 6.61. The molecule has 1 amide bonds. The minimum absolute atomic E-state index is 0.0177. The van der Waals surface area contributed by atoms with E-state index in [0.29, 0.717) is 12.1 Å². The summed E-state index contributed by atoms with van der Waals surface area (Å²) in [7, 11) is 0. The van der Waals surface area contributed by atoms with E-state index in [-0.39, 0.29) is 17.7 Å². The summed E-state index contributed by atoms with van der Waals surface area (Å²) >= 11 is 0. The van der Waals surface area contributed by atoms with E-state index in [2.05, 4.69) is 0 Å². The predicted octanol–water partition coefficient (Wildman–Crippen LogP) is 2.36. The fourth-order valence-electron chi connectivity index (χ4n) is 2.52. The van der Waals surface area contributed by atoms with Crippen LogP contribution in [0.15, 0.2) is 24.3 Å². The lowest BCUT2D eigenvalue weighted by atomic mass is 9.96. The molecule has 1 heterocycles. The molecule has 2 rings (SSSR count). The van der Waals surface area contributed by atoms with Gasteiger partial charge in [0.2, 0.25) is 5.91 Å². The quantitative estimate of drug-likeness (QED) is 0.908. The number of rotatable bonds is 3. The van der Waals surface area contributed by atoms with Gasteiger partial charge in [-0.15, -0.1) is 0 Å². The molecule has 1 aliphatic heterocycles. The van der Waals surface area contributed by atoms with Crippen LogP contribution in [-0.2, 0) is 4.79 Å². The van der Waals surface area contributed by atoms with E-state index in [4.69, 9.17) is 5.11 Å². The van der Waals surface area contributed by atoms with Gasteiger partial charge >= 0.3 is 5.97 Å². The molecule has 1 aromatic rings. The summed E-state index contributed by atoms with van der Waals surface area (Å²) in [6.45, 7) is 5.26. The number of hydrogen-bond donors (Lipinski definition) is 1. The predicted molar refractivity (Wildman–Crippen MR) is 72.2 cm³/mol. The molecule has 1 aliphatic rings. The Morgan fingerprint density at radius 3 is 2.74 bits per heavy atom. The van der Waals surface area contributed by atoms with E-state index in [0.717, 1.165) is 18.5 Å². The zero-order chi connectivity index (χ0) is 14.0. The van der Waals surface area contributed by atoms with Crippen LogP contribution < -0.4 is 0 Å². The van der Waals surface area contributed by atoms with Crippen LogP contribution in [-0.4, -0.2) is 35.0 Å². The van der Waals surface area contributed by atoms with Crippen molar-refractivity contribution in [2.24, 2.45) is 5.92 Å². The van der Waals surface area contributed by atoms with Crippen LogP contribution in [0.4, 0.5) is 0 Å². The van der Waals surface area contributed by atoms with E-state index >= 15 is 0 Å². The number of carboxylic acid groups (broad SMARTS) is 1. The number of carboxylic acids is 1. The molecule has 4 heteroatoms. The third-order valence-electron chi connectivity index (χ3n) is 3.60. The van der Waals surface area contributed by atoms with Crippen molar-refractivity contribution in [1.82, 2.24) is 4.90 Å². The summed E-state index contributed by atoms with van der Waals surface area (Å²) in [6, 6.07) is 7.03. The molecule has 0 aromatic heterocycles. The van der Waals surface area contributed by atoms with Crippen molar-refractivity contribution in [3.8, 4) is 0 Å². The summed E-state index contributed by atoms with van der Waals surface area (Å²) < 4.78 is 0. The summed E-state index contributed by atoms with van der Waals surface area (Å²) in [5.41, 5.74) is 1.32. The number of amides is 1. The van der Waals surface area contributed by atoms with Crippen molar-refractivity contribution in [3.05, 3.63) is 35.4 Å². The minimum Gasteiger partial charge on any atom is -0.478 e. The van der Waals surface area contributed by atoms with E-state index in [1.807, 2.05) is 24.8 Å². The maximum Gasteiger partial charge on any atom is 0.335 e. The Hall–Kier alpha value is -1.84. The Balaban J connectivity index is 2.11. The van der Waals surface area contributed by atoms with Crippen molar-refractivity contribution in [1.29, 1.82) is 0 Å². The Labute approximate surface area is 113 Å². The van der Waals surface area contributed by atoms with Gasteiger partial charge in [-0.05, 0) is 24.1 Å². The second kappa shape index (κ2) is 5.43. The minimum atomic E-state index is -0.907. The summed E-state index contributed by atoms with van der Waals surface area (Å²) in [5, 5.41) is 9.00. The number of benzene rings is 1. The Bertz CT molecular complexity index is 496. The fourth-order valence-corrected chi connectivity index (χ4v) is 2.52. The van der Waals surface area contributed by atoms with Crippen molar-refractivity contribution in [2.75, 3.05) is 13.1 Å². The Morgan fingerprint density at radius 2 is 2.11 bits per heavy atom. The second-order valence-electron chi connectivity index (χ2n) is 5.36. The van der Waals surface area contributed by atoms with Gasteiger partial charge in [0.15, 0.2) is 0 Å². The molecule has 0 spiro atoms. The zero-order valence-corrected chi connectivity index (χ0v) is 11.3. The molecular formula is C15H19NO3. The average Bonchev–Trinajstić information content (AvgIpc) is 2.87. The van der Waals surface area contributed by atoms with E-state index < -0.39 is 5.97 Å². The third-order valence-corrected chi connectivity index (χ3v) is 3.60. The first-order chi connectivity index (χ1) is 8.99. The van der Waals surface area contributed by atoms with Crippen LogP contribution in [0.3, 0.4) is 0 Å². The number of hydrogen-bond acceptors (Lipinski definition) is 2. The first-order valence-corrected chi connectivity index (χ1v) is 6.61. The lowest BCUT2D eigenvalue weighted by molar-refractivity contribution is -0.133. The maximum absolute atomic E-state index is 11.9. The number of aromatic carboxylic acids is 1.